The molecule has 0 saturated heterocycles. The zero-order valence-corrected chi connectivity index (χ0v) is 20.0. The Morgan fingerprint density at radius 3 is 2.48 bits per heavy atom. The van der Waals surface area contributed by atoms with Crippen LogP contribution in [0.2, 0.25) is 0 Å². The number of ether oxygens (including phenoxy) is 2. The van der Waals surface area contributed by atoms with Crippen molar-refractivity contribution in [2.75, 3.05) is 19.8 Å². The monoisotopic (exact) mass is 447 g/mol. The van der Waals surface area contributed by atoms with Crippen molar-refractivity contribution in [3.05, 3.63) is 64.8 Å². The van der Waals surface area contributed by atoms with Crippen LogP contribution < -0.4 is 9.47 Å². The van der Waals surface area contributed by atoms with Gasteiger partial charge in [-0.3, -0.25) is 9.89 Å². The highest BCUT2D eigenvalue weighted by molar-refractivity contribution is 6.00. The Kier molecular flexibility index (Phi) is 7.02. The van der Waals surface area contributed by atoms with Crippen LogP contribution >= 0.6 is 0 Å². The van der Waals surface area contributed by atoms with Gasteiger partial charge in [-0.05, 0) is 44.4 Å². The molecule has 0 bridgehead atoms. The minimum atomic E-state index is -0.230. The second-order valence-electron chi connectivity index (χ2n) is 8.47. The number of amides is 1. The molecule has 33 heavy (non-hydrogen) atoms. The van der Waals surface area contributed by atoms with Crippen LogP contribution in [0.3, 0.4) is 0 Å². The molecule has 3 aromatic rings. The summed E-state index contributed by atoms with van der Waals surface area (Å²) < 4.78 is 11.9. The number of unbranched alkanes of at least 4 members (excludes halogenated alkanes) is 1. The van der Waals surface area contributed by atoms with E-state index in [1.54, 1.807) is 0 Å². The Morgan fingerprint density at radius 2 is 1.79 bits per heavy atom. The Labute approximate surface area is 195 Å². The fourth-order valence-electron chi connectivity index (χ4n) is 4.35. The average Bonchev–Trinajstić information content (AvgIpc) is 3.35. The van der Waals surface area contributed by atoms with E-state index in [1.807, 2.05) is 30.0 Å². The lowest BCUT2D eigenvalue weighted by atomic mass is 9.95. The van der Waals surface area contributed by atoms with Gasteiger partial charge in [-0.2, -0.15) is 5.10 Å². The van der Waals surface area contributed by atoms with Crippen LogP contribution in [0.5, 0.6) is 11.5 Å². The van der Waals surface area contributed by atoms with Crippen LogP contribution in [0.25, 0.3) is 11.3 Å². The Morgan fingerprint density at radius 1 is 1.00 bits per heavy atom. The number of hydrogen-bond donors (Lipinski definition) is 1. The van der Waals surface area contributed by atoms with Crippen LogP contribution in [0, 0.1) is 6.92 Å². The zero-order chi connectivity index (χ0) is 23.4. The van der Waals surface area contributed by atoms with Crippen molar-refractivity contribution in [2.24, 2.45) is 0 Å². The normalized spacial score (nSPS) is 15.1. The highest BCUT2D eigenvalue weighted by atomic mass is 16.5. The zero-order valence-electron chi connectivity index (χ0n) is 20.0. The molecular weight excluding hydrogens is 414 g/mol. The molecule has 0 radical (unpaired) electrons. The van der Waals surface area contributed by atoms with Crippen molar-refractivity contribution in [2.45, 2.75) is 53.0 Å². The number of H-pyrrole nitrogens is 1. The highest BCUT2D eigenvalue weighted by Gasteiger charge is 2.42. The van der Waals surface area contributed by atoms with Crippen molar-refractivity contribution in [3.63, 3.8) is 0 Å². The summed E-state index contributed by atoms with van der Waals surface area (Å²) in [4.78, 5) is 15.3. The average molecular weight is 448 g/mol. The van der Waals surface area contributed by atoms with Crippen molar-refractivity contribution >= 4 is 5.91 Å². The quantitative estimate of drug-likeness (QED) is 0.392. The predicted octanol–water partition coefficient (Wildman–Crippen LogP) is 5.92. The van der Waals surface area contributed by atoms with Crippen LogP contribution in [0.1, 0.15) is 73.3 Å². The number of rotatable bonds is 10. The van der Waals surface area contributed by atoms with Crippen LogP contribution in [0.15, 0.2) is 42.5 Å². The number of nitrogens with one attached hydrogen (secondary N) is 1. The maximum Gasteiger partial charge on any atom is 0.273 e. The standard InChI is InChI=1S/C27H33N3O3/c1-5-8-16-33-21-14-13-20(17-22(21)32-7-3)26-23-24(19-11-9-18(4)10-12-19)28-29-25(23)27(31)30(26)15-6-2/h9-14,17,26H,5-8,15-16H2,1-4H3,(H,28,29). The molecule has 1 aliphatic rings. The number of carbonyl (C=O) groups is 1. The summed E-state index contributed by atoms with van der Waals surface area (Å²) in [5.74, 6) is 1.44. The van der Waals surface area contributed by atoms with Gasteiger partial charge in [0.25, 0.3) is 5.91 Å². The molecule has 1 aliphatic heterocycles. The van der Waals surface area contributed by atoms with E-state index in [-0.39, 0.29) is 11.9 Å². The number of aromatic nitrogens is 2. The number of aromatic amines is 1. The summed E-state index contributed by atoms with van der Waals surface area (Å²) in [7, 11) is 0. The van der Waals surface area contributed by atoms with Crippen molar-refractivity contribution < 1.29 is 14.3 Å². The maximum absolute atomic E-state index is 13.3. The Bertz CT molecular complexity index is 1100. The molecule has 2 heterocycles. The van der Waals surface area contributed by atoms with Gasteiger partial charge in [0.15, 0.2) is 11.5 Å². The van der Waals surface area contributed by atoms with Crippen molar-refractivity contribution in [1.82, 2.24) is 15.1 Å². The van der Waals surface area contributed by atoms with Gasteiger partial charge in [0.1, 0.15) is 5.69 Å². The van der Waals surface area contributed by atoms with Crippen LogP contribution in [-0.2, 0) is 0 Å². The lowest BCUT2D eigenvalue weighted by Crippen LogP contribution is -2.30. The van der Waals surface area contributed by atoms with E-state index >= 15 is 0 Å². The van der Waals surface area contributed by atoms with Gasteiger partial charge in [-0.15, -0.1) is 0 Å². The van der Waals surface area contributed by atoms with Crippen LogP contribution in [0.4, 0.5) is 0 Å². The summed E-state index contributed by atoms with van der Waals surface area (Å²) in [6.45, 7) is 10.1. The first-order valence-corrected chi connectivity index (χ1v) is 11.9. The Hall–Kier alpha value is -3.28. The van der Waals surface area contributed by atoms with E-state index in [4.69, 9.17) is 9.47 Å². The molecule has 1 atom stereocenters. The number of benzene rings is 2. The number of nitrogens with zero attached hydrogens (tertiary/aromatic N) is 2. The molecule has 1 N–H and O–H groups in total. The fraction of sp³-hybridized carbons (Fsp3) is 0.407. The Balaban J connectivity index is 1.79. The second kappa shape index (κ2) is 10.1. The smallest absolute Gasteiger partial charge is 0.273 e. The van der Waals surface area contributed by atoms with Gasteiger partial charge in [-0.25, -0.2) is 0 Å². The van der Waals surface area contributed by atoms with Gasteiger partial charge in [0.2, 0.25) is 0 Å². The number of aryl methyl sites for hydroxylation is 1. The maximum atomic E-state index is 13.3. The molecule has 2 aromatic carbocycles. The molecule has 1 aromatic heterocycles. The first-order chi connectivity index (χ1) is 16.1. The van der Waals surface area contributed by atoms with Gasteiger partial charge in [-0.1, -0.05) is 56.2 Å². The number of carbonyl (C=O) groups excluding carboxylic acids is 1. The van der Waals surface area contributed by atoms with Gasteiger partial charge in [0, 0.05) is 17.7 Å². The van der Waals surface area contributed by atoms with Crippen molar-refractivity contribution in [3.8, 4) is 22.8 Å². The molecule has 0 fully saturated rings. The molecule has 0 saturated carbocycles. The van der Waals surface area contributed by atoms with E-state index in [0.29, 0.717) is 31.2 Å². The molecule has 0 aliphatic carbocycles. The summed E-state index contributed by atoms with van der Waals surface area (Å²) in [5.41, 5.74) is 5.51. The van der Waals surface area contributed by atoms with E-state index in [0.717, 1.165) is 47.4 Å². The van der Waals surface area contributed by atoms with Crippen LogP contribution in [-0.4, -0.2) is 40.8 Å². The number of hydrogen-bond acceptors (Lipinski definition) is 4. The third kappa shape index (κ3) is 4.47. The highest BCUT2D eigenvalue weighted by Crippen LogP contribution is 2.44. The lowest BCUT2D eigenvalue weighted by molar-refractivity contribution is 0.0743. The van der Waals surface area contributed by atoms with Crippen molar-refractivity contribution in [1.29, 1.82) is 0 Å². The molecule has 1 amide bonds. The summed E-state index contributed by atoms with van der Waals surface area (Å²) in [6.07, 6.45) is 2.94. The largest absolute Gasteiger partial charge is 0.490 e. The molecule has 4 rings (SSSR count). The van der Waals surface area contributed by atoms with E-state index in [1.165, 1.54) is 5.56 Å². The topological polar surface area (TPSA) is 67.5 Å². The second-order valence-corrected chi connectivity index (χ2v) is 8.47. The minimum Gasteiger partial charge on any atom is -0.490 e. The van der Waals surface area contributed by atoms with E-state index in [2.05, 4.69) is 55.2 Å². The van der Waals surface area contributed by atoms with Gasteiger partial charge < -0.3 is 14.4 Å². The van der Waals surface area contributed by atoms with E-state index < -0.39 is 0 Å². The third-order valence-electron chi connectivity index (χ3n) is 5.99. The van der Waals surface area contributed by atoms with Gasteiger partial charge in [0.05, 0.1) is 24.9 Å². The minimum absolute atomic E-state index is 0.0102. The molecule has 6 nitrogen and oxygen atoms in total. The first kappa shape index (κ1) is 22.9. The summed E-state index contributed by atoms with van der Waals surface area (Å²) in [6, 6.07) is 14.1. The van der Waals surface area contributed by atoms with Gasteiger partial charge >= 0.3 is 0 Å². The fourth-order valence-corrected chi connectivity index (χ4v) is 4.35. The predicted molar refractivity (Wildman–Crippen MR) is 130 cm³/mol. The summed E-state index contributed by atoms with van der Waals surface area (Å²) >= 11 is 0. The summed E-state index contributed by atoms with van der Waals surface area (Å²) in [5, 5.41) is 7.58. The molecule has 0 spiro atoms. The molecule has 6 heteroatoms. The SMILES string of the molecule is CCCCOc1ccc(C2c3c(-c4ccc(C)cc4)n[nH]c3C(=O)N2CCC)cc1OCC. The lowest BCUT2D eigenvalue weighted by Gasteiger charge is -2.26. The number of fused-ring (bicyclic) bond motifs is 1. The van der Waals surface area contributed by atoms with E-state index in [9.17, 15) is 4.79 Å². The molecule has 174 valence electrons. The molecular formula is C27H33N3O3. The third-order valence-corrected chi connectivity index (χ3v) is 5.99. The molecule has 1 unspecified atom stereocenters. The first-order valence-electron chi connectivity index (χ1n) is 11.9.